The second-order valence-electron chi connectivity index (χ2n) is 11.3. The molecule has 3 aliphatic heterocycles. The van der Waals surface area contributed by atoms with Crippen molar-refractivity contribution in [2.45, 2.75) is 32.5 Å². The Balaban J connectivity index is 1.24. The molecule has 0 spiro atoms. The molecule has 0 aliphatic carbocycles. The number of fused-ring (bicyclic) bond motifs is 3. The van der Waals surface area contributed by atoms with Gasteiger partial charge in [-0.2, -0.15) is 0 Å². The molecule has 0 aromatic heterocycles. The second-order valence-corrected chi connectivity index (χ2v) is 11.3. The number of hydrogen-bond acceptors (Lipinski definition) is 9. The van der Waals surface area contributed by atoms with E-state index in [1.807, 2.05) is 39.1 Å². The highest BCUT2D eigenvalue weighted by Crippen LogP contribution is 2.37. The Bertz CT molecular complexity index is 1550. The van der Waals surface area contributed by atoms with Gasteiger partial charge in [-0.15, -0.1) is 0 Å². The number of nitrogens with one attached hydrogen (secondary N) is 2. The Morgan fingerprint density at radius 2 is 1.70 bits per heavy atom. The molecule has 0 radical (unpaired) electrons. The molecule has 0 fully saturated rings. The molecule has 3 atom stereocenters. The summed E-state index contributed by atoms with van der Waals surface area (Å²) >= 11 is 0. The number of carbonyl (C=O) groups is 2. The van der Waals surface area contributed by atoms with Crippen LogP contribution < -0.4 is 34.3 Å². The van der Waals surface area contributed by atoms with Gasteiger partial charge in [0.15, 0.2) is 28.7 Å². The number of carbonyl (C=O) groups excluding carboxylic acids is 2. The van der Waals surface area contributed by atoms with Crippen LogP contribution in [0.15, 0.2) is 54.6 Å². The van der Waals surface area contributed by atoms with Gasteiger partial charge in [-0.3, -0.25) is 9.69 Å². The van der Waals surface area contributed by atoms with Crippen molar-refractivity contribution in [3.63, 3.8) is 0 Å². The van der Waals surface area contributed by atoms with Crippen LogP contribution in [0.25, 0.3) is 0 Å². The quantitative estimate of drug-likeness (QED) is 0.347. The van der Waals surface area contributed by atoms with Gasteiger partial charge in [0, 0.05) is 37.3 Å². The van der Waals surface area contributed by atoms with Crippen molar-refractivity contribution in [3.8, 4) is 28.7 Å². The Hall–Kier alpha value is -4.68. The maximum atomic E-state index is 13.8. The molecule has 12 nitrogen and oxygen atoms in total. The normalized spacial score (nSPS) is 19.1. The number of rotatable bonds is 8. The third-order valence-electron chi connectivity index (χ3n) is 7.95. The minimum absolute atomic E-state index is 0.101. The van der Waals surface area contributed by atoms with Crippen molar-refractivity contribution in [1.29, 1.82) is 0 Å². The average Bonchev–Trinajstić information content (AvgIpc) is 3.68. The lowest BCUT2D eigenvalue weighted by Gasteiger charge is -2.38. The van der Waals surface area contributed by atoms with E-state index in [0.29, 0.717) is 48.1 Å². The van der Waals surface area contributed by atoms with Crippen LogP contribution in [0.5, 0.6) is 28.7 Å². The summed E-state index contributed by atoms with van der Waals surface area (Å²) in [6.45, 7) is 5.55. The highest BCUT2D eigenvalue weighted by molar-refractivity contribution is 6.04. The van der Waals surface area contributed by atoms with Gasteiger partial charge in [0.25, 0.3) is 5.91 Å². The highest BCUT2D eigenvalue weighted by atomic mass is 16.7. The summed E-state index contributed by atoms with van der Waals surface area (Å²) in [7, 11) is 2.00. The van der Waals surface area contributed by atoms with Gasteiger partial charge in [0.1, 0.15) is 6.10 Å². The zero-order valence-electron chi connectivity index (χ0n) is 24.9. The van der Waals surface area contributed by atoms with Crippen molar-refractivity contribution >= 4 is 23.3 Å². The molecule has 0 saturated carbocycles. The Labute approximate surface area is 255 Å². The van der Waals surface area contributed by atoms with Crippen LogP contribution in [0.1, 0.15) is 29.8 Å². The molecule has 12 heteroatoms. The van der Waals surface area contributed by atoms with Crippen molar-refractivity contribution in [3.05, 3.63) is 65.7 Å². The molecule has 6 rings (SSSR count). The lowest BCUT2D eigenvalue weighted by molar-refractivity contribution is 0.0343. The molecular weight excluding hydrogens is 568 g/mol. The maximum absolute atomic E-state index is 13.8. The van der Waals surface area contributed by atoms with Gasteiger partial charge in [-0.1, -0.05) is 19.1 Å². The number of ether oxygens (including phenoxy) is 5. The molecule has 3 aliphatic rings. The van der Waals surface area contributed by atoms with Crippen LogP contribution in [-0.2, 0) is 6.54 Å². The third-order valence-corrected chi connectivity index (χ3v) is 7.95. The van der Waals surface area contributed by atoms with Gasteiger partial charge in [-0.25, -0.2) is 4.79 Å². The molecule has 0 saturated heterocycles. The number of hydrogen-bond donors (Lipinski definition) is 3. The Kier molecular flexibility index (Phi) is 8.36. The molecule has 232 valence electrons. The smallest absolute Gasteiger partial charge is 0.323 e. The van der Waals surface area contributed by atoms with Crippen LogP contribution in [0, 0.1) is 5.92 Å². The molecular formula is C32H36N4O8. The predicted octanol–water partition coefficient (Wildman–Crippen LogP) is 4.14. The zero-order valence-corrected chi connectivity index (χ0v) is 24.9. The first-order valence-corrected chi connectivity index (χ1v) is 14.5. The maximum Gasteiger partial charge on any atom is 0.323 e. The van der Waals surface area contributed by atoms with Gasteiger partial charge in [0.05, 0.1) is 23.9 Å². The Morgan fingerprint density at radius 3 is 2.45 bits per heavy atom. The number of aliphatic hydroxyl groups excluding tert-OH is 1. The molecule has 3 aromatic carbocycles. The number of benzene rings is 3. The highest BCUT2D eigenvalue weighted by Gasteiger charge is 2.34. The first kappa shape index (κ1) is 29.4. The summed E-state index contributed by atoms with van der Waals surface area (Å²) in [5.74, 6) is 2.51. The fourth-order valence-electron chi connectivity index (χ4n) is 5.54. The summed E-state index contributed by atoms with van der Waals surface area (Å²) in [4.78, 5) is 30.7. The number of urea groups is 1. The van der Waals surface area contributed by atoms with E-state index in [4.69, 9.17) is 23.7 Å². The lowest BCUT2D eigenvalue weighted by Crippen LogP contribution is -2.49. The van der Waals surface area contributed by atoms with Crippen LogP contribution in [0.4, 0.5) is 16.2 Å². The van der Waals surface area contributed by atoms with Crippen molar-refractivity contribution in [2.75, 3.05) is 51.0 Å². The third kappa shape index (κ3) is 6.17. The fraction of sp³-hybridized carbons (Fsp3) is 0.375. The van der Waals surface area contributed by atoms with E-state index < -0.39 is 12.1 Å². The minimum Gasteiger partial charge on any atom is -0.486 e. The number of anilines is 2. The largest absolute Gasteiger partial charge is 0.486 e. The van der Waals surface area contributed by atoms with E-state index in [-0.39, 0.29) is 43.9 Å². The van der Waals surface area contributed by atoms with E-state index in [0.717, 1.165) is 17.1 Å². The van der Waals surface area contributed by atoms with Gasteiger partial charge in [0.2, 0.25) is 13.6 Å². The number of para-hydroxylation sites is 1. The summed E-state index contributed by atoms with van der Waals surface area (Å²) in [5, 5.41) is 15.6. The summed E-state index contributed by atoms with van der Waals surface area (Å²) < 4.78 is 28.4. The topological polar surface area (TPSA) is 131 Å². The molecule has 44 heavy (non-hydrogen) atoms. The number of likely N-dealkylation sites (N-methyl/N-ethyl adjacent to an activating group) is 1. The molecule has 3 amide bonds. The van der Waals surface area contributed by atoms with E-state index in [1.165, 1.54) is 0 Å². The summed E-state index contributed by atoms with van der Waals surface area (Å²) in [6.07, 6.45) is -0.353. The van der Waals surface area contributed by atoms with Crippen LogP contribution in [-0.4, -0.2) is 79.3 Å². The number of amides is 3. The fourth-order valence-corrected chi connectivity index (χ4v) is 5.54. The first-order chi connectivity index (χ1) is 21.3. The first-order valence-electron chi connectivity index (χ1n) is 14.5. The summed E-state index contributed by atoms with van der Waals surface area (Å²) in [6, 6.07) is 15.2. The van der Waals surface area contributed by atoms with E-state index in [1.54, 1.807) is 41.3 Å². The minimum atomic E-state index is -0.513. The van der Waals surface area contributed by atoms with Crippen molar-refractivity contribution < 1.29 is 38.4 Å². The molecule has 3 N–H and O–H groups in total. The molecule has 0 bridgehead atoms. The molecule has 3 heterocycles. The molecule has 3 aromatic rings. The van der Waals surface area contributed by atoms with E-state index in [2.05, 4.69) is 15.5 Å². The van der Waals surface area contributed by atoms with Crippen molar-refractivity contribution in [2.24, 2.45) is 5.92 Å². The number of aliphatic hydroxyl groups is 1. The van der Waals surface area contributed by atoms with Gasteiger partial charge < -0.3 is 44.3 Å². The van der Waals surface area contributed by atoms with Crippen LogP contribution in [0.3, 0.4) is 0 Å². The standard InChI is InChI=1S/C32H36N4O8/c1-19-13-36(20(2)16-37)31(38)23-5-4-6-24(34-32(39)33-22-8-10-26-28(12-22)43-18-41-26)30(23)44-29(19)15-35(3)14-21-7-9-25-27(11-21)42-17-40-25/h4-12,19-20,29,37H,13-18H2,1-3H3,(H2,33,34,39)/t19-,20+,29+/m0/s1. The predicted molar refractivity (Wildman–Crippen MR) is 162 cm³/mol. The Morgan fingerprint density at radius 1 is 1.00 bits per heavy atom. The van der Waals surface area contributed by atoms with E-state index in [9.17, 15) is 14.7 Å². The lowest BCUT2D eigenvalue weighted by atomic mass is 9.99. The average molecular weight is 605 g/mol. The van der Waals surface area contributed by atoms with Crippen LogP contribution >= 0.6 is 0 Å². The second kappa shape index (κ2) is 12.5. The SMILES string of the molecule is C[C@H](CO)N1C[C@H](C)[C@@H](CN(C)Cc2ccc3c(c2)OCO3)Oc2c(NC(=O)Nc3ccc4c(c3)OCO4)cccc2C1=O. The monoisotopic (exact) mass is 604 g/mol. The molecule has 0 unspecified atom stereocenters. The zero-order chi connectivity index (χ0) is 30.8. The van der Waals surface area contributed by atoms with Crippen LogP contribution in [0.2, 0.25) is 0 Å². The van der Waals surface area contributed by atoms with Gasteiger partial charge in [-0.05, 0) is 55.9 Å². The number of nitrogens with zero attached hydrogens (tertiary/aromatic N) is 2. The summed E-state index contributed by atoms with van der Waals surface area (Å²) in [5.41, 5.74) is 2.23. The van der Waals surface area contributed by atoms with Gasteiger partial charge >= 0.3 is 6.03 Å². The van der Waals surface area contributed by atoms with E-state index >= 15 is 0 Å². The van der Waals surface area contributed by atoms with Crippen molar-refractivity contribution in [1.82, 2.24) is 9.80 Å².